The Balaban J connectivity index is 2.03. The van der Waals surface area contributed by atoms with Gasteiger partial charge >= 0.3 is 0 Å². The number of hydrogen-bond donors (Lipinski definition) is 1. The molecule has 3 nitrogen and oxygen atoms in total. The van der Waals surface area contributed by atoms with Crippen LogP contribution >= 0.6 is 23.2 Å². The van der Waals surface area contributed by atoms with Crippen LogP contribution < -0.4 is 5.43 Å². The van der Waals surface area contributed by atoms with E-state index in [-0.39, 0.29) is 5.91 Å². The summed E-state index contributed by atoms with van der Waals surface area (Å²) < 4.78 is 0. The normalized spacial score (nSPS) is 10.6. The monoisotopic (exact) mass is 292 g/mol. The molecular formula is C14H10Cl2N2O. The largest absolute Gasteiger partial charge is 0.272 e. The molecule has 0 aliphatic heterocycles. The topological polar surface area (TPSA) is 41.5 Å². The van der Waals surface area contributed by atoms with Crippen molar-refractivity contribution >= 4 is 35.3 Å². The van der Waals surface area contributed by atoms with Crippen LogP contribution in [0.25, 0.3) is 0 Å². The molecule has 2 aromatic carbocycles. The molecule has 0 heterocycles. The third-order valence-corrected chi connectivity index (χ3v) is 2.91. The number of nitrogens with one attached hydrogen (secondary N) is 1. The minimum atomic E-state index is -0.358. The van der Waals surface area contributed by atoms with Gasteiger partial charge in [-0.25, -0.2) is 5.43 Å². The fourth-order valence-corrected chi connectivity index (χ4v) is 1.88. The first-order valence-corrected chi connectivity index (χ1v) is 6.26. The first kappa shape index (κ1) is 13.6. The van der Waals surface area contributed by atoms with E-state index in [1.807, 2.05) is 6.07 Å². The summed E-state index contributed by atoms with van der Waals surface area (Å²) in [7, 11) is 0. The van der Waals surface area contributed by atoms with E-state index in [4.69, 9.17) is 23.2 Å². The van der Waals surface area contributed by atoms with Crippen LogP contribution in [0.2, 0.25) is 10.0 Å². The van der Waals surface area contributed by atoms with Crippen LogP contribution in [-0.4, -0.2) is 12.1 Å². The van der Waals surface area contributed by atoms with Crippen molar-refractivity contribution in [3.8, 4) is 0 Å². The zero-order valence-electron chi connectivity index (χ0n) is 9.81. The highest BCUT2D eigenvalue weighted by Crippen LogP contribution is 2.14. The molecular weight excluding hydrogens is 283 g/mol. The number of amides is 1. The molecule has 0 aliphatic rings. The van der Waals surface area contributed by atoms with E-state index >= 15 is 0 Å². The molecule has 0 aromatic heterocycles. The number of carbonyl (C=O) groups is 1. The Kier molecular flexibility index (Phi) is 4.55. The van der Waals surface area contributed by atoms with Crippen LogP contribution in [-0.2, 0) is 0 Å². The minimum absolute atomic E-state index is 0.358. The molecule has 19 heavy (non-hydrogen) atoms. The Hall–Kier alpha value is -1.84. The van der Waals surface area contributed by atoms with Gasteiger partial charge in [-0.3, -0.25) is 4.79 Å². The van der Waals surface area contributed by atoms with Crippen molar-refractivity contribution in [2.45, 2.75) is 0 Å². The molecule has 2 aromatic rings. The second-order valence-corrected chi connectivity index (χ2v) is 4.58. The minimum Gasteiger partial charge on any atom is -0.267 e. The van der Waals surface area contributed by atoms with E-state index < -0.39 is 0 Å². The Labute approximate surface area is 120 Å². The highest BCUT2D eigenvalue weighted by Gasteiger charge is 2.07. The predicted molar refractivity (Wildman–Crippen MR) is 78.0 cm³/mol. The third-order valence-electron chi connectivity index (χ3n) is 2.35. The van der Waals surface area contributed by atoms with Gasteiger partial charge in [0.15, 0.2) is 0 Å². The quantitative estimate of drug-likeness (QED) is 0.679. The molecule has 0 spiro atoms. The first-order chi connectivity index (χ1) is 9.16. The van der Waals surface area contributed by atoms with Gasteiger partial charge in [-0.1, -0.05) is 47.5 Å². The van der Waals surface area contributed by atoms with Crippen LogP contribution in [0, 0.1) is 0 Å². The molecule has 5 heteroatoms. The number of halogens is 2. The molecule has 0 bridgehead atoms. The number of rotatable bonds is 3. The highest BCUT2D eigenvalue weighted by atomic mass is 35.5. The van der Waals surface area contributed by atoms with Gasteiger partial charge in [-0.05, 0) is 29.8 Å². The summed E-state index contributed by atoms with van der Waals surface area (Å²) >= 11 is 11.7. The van der Waals surface area contributed by atoms with Gasteiger partial charge in [0.2, 0.25) is 0 Å². The highest BCUT2D eigenvalue weighted by molar-refractivity contribution is 6.33. The fourth-order valence-electron chi connectivity index (χ4n) is 1.46. The maximum atomic E-state index is 11.8. The summed E-state index contributed by atoms with van der Waals surface area (Å²) in [5.74, 6) is -0.358. The maximum Gasteiger partial charge on any atom is 0.272 e. The summed E-state index contributed by atoms with van der Waals surface area (Å²) in [4.78, 5) is 11.8. The van der Waals surface area contributed by atoms with Crippen molar-refractivity contribution in [2.75, 3.05) is 0 Å². The van der Waals surface area contributed by atoms with Crippen molar-refractivity contribution in [1.82, 2.24) is 5.43 Å². The predicted octanol–water partition coefficient (Wildman–Crippen LogP) is 3.76. The first-order valence-electron chi connectivity index (χ1n) is 5.50. The summed E-state index contributed by atoms with van der Waals surface area (Å²) in [6, 6.07) is 13.9. The zero-order chi connectivity index (χ0) is 13.7. The van der Waals surface area contributed by atoms with Gasteiger partial charge in [0, 0.05) is 5.02 Å². The molecule has 0 saturated carbocycles. The molecule has 0 aliphatic carbocycles. The van der Waals surface area contributed by atoms with E-state index in [9.17, 15) is 4.79 Å². The molecule has 0 saturated heterocycles. The van der Waals surface area contributed by atoms with Crippen LogP contribution in [0.3, 0.4) is 0 Å². The average Bonchev–Trinajstić information content (AvgIpc) is 2.39. The van der Waals surface area contributed by atoms with Crippen LogP contribution in [0.15, 0.2) is 53.6 Å². The van der Waals surface area contributed by atoms with Crippen molar-refractivity contribution < 1.29 is 4.79 Å². The number of hydrogen-bond acceptors (Lipinski definition) is 2. The van der Waals surface area contributed by atoms with E-state index in [0.717, 1.165) is 5.56 Å². The number of nitrogens with zero attached hydrogens (tertiary/aromatic N) is 1. The standard InChI is InChI=1S/C14H10Cl2N2O/c15-11-5-3-4-10(8-11)9-17-18-14(19)12-6-1-2-7-13(12)16/h1-9H,(H,18,19)/b17-9-. The van der Waals surface area contributed by atoms with E-state index in [1.165, 1.54) is 6.21 Å². The molecule has 96 valence electrons. The number of hydrazone groups is 1. The maximum absolute atomic E-state index is 11.8. The lowest BCUT2D eigenvalue weighted by molar-refractivity contribution is 0.0955. The molecule has 0 radical (unpaired) electrons. The van der Waals surface area contributed by atoms with Gasteiger partial charge in [-0.15, -0.1) is 0 Å². The molecule has 1 N–H and O–H groups in total. The van der Waals surface area contributed by atoms with Crippen molar-refractivity contribution in [3.05, 3.63) is 69.7 Å². The van der Waals surface area contributed by atoms with E-state index in [2.05, 4.69) is 10.5 Å². The summed E-state index contributed by atoms with van der Waals surface area (Å²) in [6.45, 7) is 0. The Bertz CT molecular complexity index is 626. The Morgan fingerprint density at radius 3 is 2.63 bits per heavy atom. The smallest absolute Gasteiger partial charge is 0.267 e. The SMILES string of the molecule is O=C(N/N=C\c1cccc(Cl)c1)c1ccccc1Cl. The fraction of sp³-hybridized carbons (Fsp3) is 0. The van der Waals surface area contributed by atoms with Gasteiger partial charge < -0.3 is 0 Å². The third kappa shape index (κ3) is 3.81. The lowest BCUT2D eigenvalue weighted by Gasteiger charge is -2.01. The van der Waals surface area contributed by atoms with E-state index in [1.54, 1.807) is 42.5 Å². The lowest BCUT2D eigenvalue weighted by atomic mass is 10.2. The second-order valence-electron chi connectivity index (χ2n) is 3.73. The molecule has 1 amide bonds. The number of carbonyl (C=O) groups excluding carboxylic acids is 1. The van der Waals surface area contributed by atoms with Gasteiger partial charge in [0.1, 0.15) is 0 Å². The average molecular weight is 293 g/mol. The van der Waals surface area contributed by atoms with Gasteiger partial charge in [0.05, 0.1) is 16.8 Å². The Morgan fingerprint density at radius 1 is 1.11 bits per heavy atom. The lowest BCUT2D eigenvalue weighted by Crippen LogP contribution is -2.17. The van der Waals surface area contributed by atoms with Gasteiger partial charge in [-0.2, -0.15) is 5.10 Å². The molecule has 0 fully saturated rings. The van der Waals surface area contributed by atoms with Crippen molar-refractivity contribution in [3.63, 3.8) is 0 Å². The van der Waals surface area contributed by atoms with Crippen LogP contribution in [0.1, 0.15) is 15.9 Å². The summed E-state index contributed by atoms with van der Waals surface area (Å²) in [6.07, 6.45) is 1.51. The molecule has 2 rings (SSSR count). The summed E-state index contributed by atoms with van der Waals surface area (Å²) in [5.41, 5.74) is 3.59. The van der Waals surface area contributed by atoms with Gasteiger partial charge in [0.25, 0.3) is 5.91 Å². The molecule has 0 atom stereocenters. The molecule has 0 unspecified atom stereocenters. The second kappa shape index (κ2) is 6.36. The summed E-state index contributed by atoms with van der Waals surface area (Å²) in [5, 5.41) is 4.86. The number of benzene rings is 2. The Morgan fingerprint density at radius 2 is 1.89 bits per heavy atom. The van der Waals surface area contributed by atoms with Crippen molar-refractivity contribution in [2.24, 2.45) is 5.10 Å². The van der Waals surface area contributed by atoms with E-state index in [0.29, 0.717) is 15.6 Å². The zero-order valence-corrected chi connectivity index (χ0v) is 11.3. The van der Waals surface area contributed by atoms with Crippen LogP contribution in [0.4, 0.5) is 0 Å². The van der Waals surface area contributed by atoms with Crippen LogP contribution in [0.5, 0.6) is 0 Å². The van der Waals surface area contributed by atoms with Crippen molar-refractivity contribution in [1.29, 1.82) is 0 Å².